The van der Waals surface area contributed by atoms with Crippen molar-refractivity contribution in [1.82, 2.24) is 20.1 Å². The second-order valence-corrected chi connectivity index (χ2v) is 9.61. The molecule has 10 heteroatoms. The first-order valence-electron chi connectivity index (χ1n) is 10.2. The summed E-state index contributed by atoms with van der Waals surface area (Å²) < 4.78 is 15.0. The van der Waals surface area contributed by atoms with E-state index in [1.807, 2.05) is 6.92 Å². The molecule has 0 aliphatic rings. The van der Waals surface area contributed by atoms with Gasteiger partial charge in [-0.05, 0) is 67.1 Å². The van der Waals surface area contributed by atoms with Gasteiger partial charge in [-0.3, -0.25) is 9.36 Å². The minimum atomic E-state index is -0.498. The van der Waals surface area contributed by atoms with Crippen molar-refractivity contribution in [2.75, 3.05) is 0 Å². The van der Waals surface area contributed by atoms with Crippen molar-refractivity contribution in [1.29, 1.82) is 0 Å². The molecule has 4 rings (SSSR count). The molecule has 0 fully saturated rings. The van der Waals surface area contributed by atoms with Crippen LogP contribution in [0.4, 0.5) is 4.39 Å². The van der Waals surface area contributed by atoms with E-state index in [1.54, 1.807) is 59.2 Å². The molecule has 0 radical (unpaired) electrons. The number of benzene rings is 3. The fourth-order valence-electron chi connectivity index (χ4n) is 3.22. The molecule has 3 aromatic carbocycles. The van der Waals surface area contributed by atoms with E-state index in [4.69, 9.17) is 34.8 Å². The molecule has 4 aromatic rings. The molecule has 1 heterocycles. The van der Waals surface area contributed by atoms with E-state index in [1.165, 1.54) is 23.9 Å². The Morgan fingerprint density at radius 2 is 1.68 bits per heavy atom. The van der Waals surface area contributed by atoms with Crippen molar-refractivity contribution in [3.63, 3.8) is 0 Å². The Morgan fingerprint density at radius 3 is 2.35 bits per heavy atom. The maximum absolute atomic E-state index is 13.3. The number of hydrogen-bond donors (Lipinski definition) is 1. The number of aromatic nitrogens is 3. The van der Waals surface area contributed by atoms with Gasteiger partial charge in [-0.25, -0.2) is 4.39 Å². The number of carbonyl (C=O) groups excluding carboxylic acids is 1. The van der Waals surface area contributed by atoms with Crippen molar-refractivity contribution in [3.8, 4) is 5.69 Å². The van der Waals surface area contributed by atoms with E-state index in [0.29, 0.717) is 43.1 Å². The number of carbonyl (C=O) groups is 1. The van der Waals surface area contributed by atoms with Gasteiger partial charge in [-0.15, -0.1) is 10.2 Å². The standard InChI is InChI=1S/C24H18Cl3FN4OS/c1-14(29-23(33)16-4-6-17(25)7-5-16)22-30-31-24(34-13-15-2-9-19(28)10-3-15)32(22)21-11-8-18(26)12-20(21)27/h2-12,14H,13H2,1H3,(H,29,33). The molecule has 0 spiro atoms. The molecule has 5 nitrogen and oxygen atoms in total. The van der Waals surface area contributed by atoms with Crippen LogP contribution in [0.1, 0.15) is 34.7 Å². The van der Waals surface area contributed by atoms with Crippen molar-refractivity contribution >= 4 is 52.5 Å². The van der Waals surface area contributed by atoms with E-state index in [0.717, 1.165) is 5.56 Å². The van der Waals surface area contributed by atoms with Crippen LogP contribution in [0, 0.1) is 5.82 Å². The summed E-state index contributed by atoms with van der Waals surface area (Å²) in [5, 5.41) is 13.6. The summed E-state index contributed by atoms with van der Waals surface area (Å²) in [4.78, 5) is 12.8. The van der Waals surface area contributed by atoms with Gasteiger partial charge in [0.25, 0.3) is 5.91 Å². The second kappa shape index (κ2) is 10.8. The highest BCUT2D eigenvalue weighted by Gasteiger charge is 2.23. The van der Waals surface area contributed by atoms with Crippen LogP contribution >= 0.6 is 46.6 Å². The summed E-state index contributed by atoms with van der Waals surface area (Å²) in [7, 11) is 0. The van der Waals surface area contributed by atoms with Gasteiger partial charge in [0.15, 0.2) is 11.0 Å². The summed E-state index contributed by atoms with van der Waals surface area (Å²) >= 11 is 19.9. The lowest BCUT2D eigenvalue weighted by Gasteiger charge is -2.17. The minimum Gasteiger partial charge on any atom is -0.342 e. The average Bonchev–Trinajstić information content (AvgIpc) is 3.23. The number of nitrogens with zero attached hydrogens (tertiary/aromatic N) is 3. The highest BCUT2D eigenvalue weighted by molar-refractivity contribution is 7.98. The number of nitrogens with one attached hydrogen (secondary N) is 1. The molecule has 1 N–H and O–H groups in total. The lowest BCUT2D eigenvalue weighted by molar-refractivity contribution is 0.0938. The normalized spacial score (nSPS) is 11.9. The second-order valence-electron chi connectivity index (χ2n) is 7.39. The topological polar surface area (TPSA) is 59.8 Å². The molecule has 0 aliphatic carbocycles. The van der Waals surface area contributed by atoms with E-state index >= 15 is 0 Å². The molecule has 1 atom stereocenters. The van der Waals surface area contributed by atoms with Crippen LogP contribution in [0.15, 0.2) is 71.9 Å². The van der Waals surface area contributed by atoms with E-state index < -0.39 is 6.04 Å². The number of amides is 1. The molecule has 1 amide bonds. The maximum atomic E-state index is 13.3. The van der Waals surface area contributed by atoms with Crippen LogP contribution in [-0.2, 0) is 5.75 Å². The third-order valence-electron chi connectivity index (χ3n) is 4.93. The molecule has 0 saturated heterocycles. The summed E-state index contributed by atoms with van der Waals surface area (Å²) in [6.07, 6.45) is 0. The van der Waals surface area contributed by atoms with Crippen LogP contribution in [0.5, 0.6) is 0 Å². The van der Waals surface area contributed by atoms with Crippen LogP contribution in [0.3, 0.4) is 0 Å². The Morgan fingerprint density at radius 1 is 1.00 bits per heavy atom. The molecule has 1 aromatic heterocycles. The van der Waals surface area contributed by atoms with Gasteiger partial charge in [0.1, 0.15) is 5.82 Å². The summed E-state index contributed by atoms with van der Waals surface area (Å²) in [5.74, 6) is 0.460. The minimum absolute atomic E-state index is 0.276. The van der Waals surface area contributed by atoms with E-state index in [9.17, 15) is 9.18 Å². The fourth-order valence-corrected chi connectivity index (χ4v) is 4.75. The number of halogens is 4. The van der Waals surface area contributed by atoms with Crippen LogP contribution in [-0.4, -0.2) is 20.7 Å². The van der Waals surface area contributed by atoms with Crippen LogP contribution < -0.4 is 5.32 Å². The molecule has 0 bridgehead atoms. The smallest absolute Gasteiger partial charge is 0.251 e. The van der Waals surface area contributed by atoms with E-state index in [2.05, 4.69) is 15.5 Å². The summed E-state index contributed by atoms with van der Waals surface area (Å²) in [6.45, 7) is 1.81. The zero-order chi connectivity index (χ0) is 24.2. The molecule has 1 unspecified atom stereocenters. The SMILES string of the molecule is CC(NC(=O)c1ccc(Cl)cc1)c1nnc(SCc2ccc(F)cc2)n1-c1ccc(Cl)cc1Cl. The zero-order valence-electron chi connectivity index (χ0n) is 17.8. The predicted octanol–water partition coefficient (Wildman–Crippen LogP) is 7.15. The average molecular weight is 536 g/mol. The van der Waals surface area contributed by atoms with Crippen molar-refractivity contribution in [3.05, 3.63) is 105 Å². The first-order chi connectivity index (χ1) is 16.3. The highest BCUT2D eigenvalue weighted by Crippen LogP contribution is 2.32. The van der Waals surface area contributed by atoms with Gasteiger partial charge in [0.05, 0.1) is 16.8 Å². The number of thioether (sulfide) groups is 1. The van der Waals surface area contributed by atoms with Gasteiger partial charge in [-0.1, -0.05) is 58.7 Å². The van der Waals surface area contributed by atoms with E-state index in [-0.39, 0.29) is 11.7 Å². The molecule has 0 saturated carbocycles. The fraction of sp³-hybridized carbons (Fsp3) is 0.125. The Bertz CT molecular complexity index is 1310. The lowest BCUT2D eigenvalue weighted by Crippen LogP contribution is -2.28. The van der Waals surface area contributed by atoms with Gasteiger partial charge in [0, 0.05) is 21.4 Å². The lowest BCUT2D eigenvalue weighted by atomic mass is 10.2. The molecule has 174 valence electrons. The first kappa shape index (κ1) is 24.5. The Kier molecular flexibility index (Phi) is 7.78. The Hall–Kier alpha value is -2.58. The van der Waals surface area contributed by atoms with Crippen molar-refractivity contribution < 1.29 is 9.18 Å². The van der Waals surface area contributed by atoms with Crippen LogP contribution in [0.2, 0.25) is 15.1 Å². The zero-order valence-corrected chi connectivity index (χ0v) is 20.9. The quantitative estimate of drug-likeness (QED) is 0.255. The molecule has 0 aliphatic heterocycles. The maximum Gasteiger partial charge on any atom is 0.251 e. The number of rotatable bonds is 7. The predicted molar refractivity (Wildman–Crippen MR) is 135 cm³/mol. The Balaban J connectivity index is 1.65. The van der Waals surface area contributed by atoms with Gasteiger partial charge < -0.3 is 5.32 Å². The molecular formula is C24H18Cl3FN4OS. The van der Waals surface area contributed by atoms with Crippen molar-refractivity contribution in [2.24, 2.45) is 0 Å². The first-order valence-corrected chi connectivity index (χ1v) is 12.3. The largest absolute Gasteiger partial charge is 0.342 e. The van der Waals surface area contributed by atoms with Gasteiger partial charge in [-0.2, -0.15) is 0 Å². The third-order valence-corrected chi connectivity index (χ3v) is 6.72. The Labute approximate surface area is 215 Å². The highest BCUT2D eigenvalue weighted by atomic mass is 35.5. The van der Waals surface area contributed by atoms with Crippen LogP contribution in [0.25, 0.3) is 5.69 Å². The third kappa shape index (κ3) is 5.73. The monoisotopic (exact) mass is 534 g/mol. The number of hydrogen-bond acceptors (Lipinski definition) is 4. The molecular weight excluding hydrogens is 518 g/mol. The van der Waals surface area contributed by atoms with Crippen molar-refractivity contribution in [2.45, 2.75) is 23.9 Å². The summed E-state index contributed by atoms with van der Waals surface area (Å²) in [5.41, 5.74) is 2.02. The summed E-state index contributed by atoms with van der Waals surface area (Å²) in [6, 6.07) is 17.5. The van der Waals surface area contributed by atoms with Gasteiger partial charge >= 0.3 is 0 Å². The van der Waals surface area contributed by atoms with Gasteiger partial charge in [0.2, 0.25) is 0 Å². The molecule has 34 heavy (non-hydrogen) atoms.